The lowest BCUT2D eigenvalue weighted by Crippen LogP contribution is -2.36. The lowest BCUT2D eigenvalue weighted by atomic mass is 10.1. The summed E-state index contributed by atoms with van der Waals surface area (Å²) in [5.41, 5.74) is 3.46. The summed E-state index contributed by atoms with van der Waals surface area (Å²) < 4.78 is 5.37. The minimum absolute atomic E-state index is 0.569. The Morgan fingerprint density at radius 3 is 2.55 bits per heavy atom. The first-order valence-corrected chi connectivity index (χ1v) is 7.33. The molecule has 1 aromatic heterocycles. The Labute approximate surface area is 130 Å². The van der Waals surface area contributed by atoms with Crippen LogP contribution in [0.2, 0.25) is 0 Å². The molecular formula is C18H17N3O. The van der Waals surface area contributed by atoms with E-state index in [-0.39, 0.29) is 0 Å². The number of ether oxygens (including phenoxy) is 1. The van der Waals surface area contributed by atoms with Gasteiger partial charge in [-0.2, -0.15) is 5.26 Å². The molecule has 1 aromatic carbocycles. The molecule has 0 atom stereocenters. The number of nitrogens with zero attached hydrogens (tertiary/aromatic N) is 3. The summed E-state index contributed by atoms with van der Waals surface area (Å²) in [5, 5.41) is 9.32. The second-order valence-corrected chi connectivity index (χ2v) is 5.08. The molecule has 0 spiro atoms. The fourth-order valence-electron chi connectivity index (χ4n) is 2.46. The molecule has 2 aromatic rings. The zero-order valence-electron chi connectivity index (χ0n) is 12.3. The fraction of sp³-hybridized carbons (Fsp3) is 0.222. The van der Waals surface area contributed by atoms with Crippen molar-refractivity contribution < 1.29 is 4.74 Å². The summed E-state index contributed by atoms with van der Waals surface area (Å²) in [7, 11) is 0. The molecule has 0 unspecified atom stereocenters. The van der Waals surface area contributed by atoms with E-state index in [1.54, 1.807) is 6.20 Å². The third-order valence-electron chi connectivity index (χ3n) is 3.64. The molecule has 4 nitrogen and oxygen atoms in total. The first kappa shape index (κ1) is 14.3. The molecule has 1 fully saturated rings. The molecule has 1 saturated heterocycles. The molecule has 110 valence electrons. The molecule has 0 bridgehead atoms. The van der Waals surface area contributed by atoms with E-state index in [1.165, 1.54) is 5.69 Å². The normalized spacial score (nSPS) is 15.4. The first-order valence-electron chi connectivity index (χ1n) is 7.33. The van der Waals surface area contributed by atoms with Crippen molar-refractivity contribution in [2.24, 2.45) is 0 Å². The third kappa shape index (κ3) is 3.33. The average Bonchev–Trinajstić information content (AvgIpc) is 2.62. The van der Waals surface area contributed by atoms with Gasteiger partial charge in [0.2, 0.25) is 0 Å². The van der Waals surface area contributed by atoms with Gasteiger partial charge in [0.15, 0.2) is 0 Å². The second kappa shape index (κ2) is 6.88. The van der Waals surface area contributed by atoms with Crippen molar-refractivity contribution >= 4 is 17.3 Å². The highest BCUT2D eigenvalue weighted by molar-refractivity contribution is 5.88. The van der Waals surface area contributed by atoms with Crippen LogP contribution in [-0.2, 0) is 4.74 Å². The molecule has 0 N–H and O–H groups in total. The maximum atomic E-state index is 9.32. The summed E-state index contributed by atoms with van der Waals surface area (Å²) in [6, 6.07) is 16.0. The summed E-state index contributed by atoms with van der Waals surface area (Å²) in [6.07, 6.45) is 3.56. The van der Waals surface area contributed by atoms with Crippen molar-refractivity contribution in [2.45, 2.75) is 0 Å². The van der Waals surface area contributed by atoms with Gasteiger partial charge in [-0.1, -0.05) is 18.2 Å². The minimum Gasteiger partial charge on any atom is -0.378 e. The number of morpholine rings is 1. The number of allylic oxidation sites excluding steroid dienone is 1. The molecule has 4 heteroatoms. The van der Waals surface area contributed by atoms with E-state index in [1.807, 2.05) is 36.4 Å². The quantitative estimate of drug-likeness (QED) is 0.816. The summed E-state index contributed by atoms with van der Waals surface area (Å²) in [5.74, 6) is 0. The number of nitriles is 1. The van der Waals surface area contributed by atoms with E-state index >= 15 is 0 Å². The second-order valence-electron chi connectivity index (χ2n) is 5.08. The number of anilines is 1. The number of pyridine rings is 1. The van der Waals surface area contributed by atoms with Gasteiger partial charge >= 0.3 is 0 Å². The lowest BCUT2D eigenvalue weighted by Gasteiger charge is -2.28. The maximum absolute atomic E-state index is 9.32. The fourth-order valence-corrected chi connectivity index (χ4v) is 2.46. The summed E-state index contributed by atoms with van der Waals surface area (Å²) in [6.45, 7) is 3.40. The van der Waals surface area contributed by atoms with Gasteiger partial charge < -0.3 is 9.64 Å². The van der Waals surface area contributed by atoms with Crippen LogP contribution >= 0.6 is 0 Å². The Morgan fingerprint density at radius 2 is 1.91 bits per heavy atom. The monoisotopic (exact) mass is 291 g/mol. The van der Waals surface area contributed by atoms with Gasteiger partial charge in [0.25, 0.3) is 0 Å². The van der Waals surface area contributed by atoms with Crippen molar-refractivity contribution in [2.75, 3.05) is 31.2 Å². The van der Waals surface area contributed by atoms with E-state index < -0.39 is 0 Å². The standard InChI is InChI=1S/C18H17N3O/c19-14-16(18-3-1-2-8-20-18)13-15-4-6-17(7-5-15)21-9-11-22-12-10-21/h1-8,13H,9-12H2/b16-13-. The third-order valence-corrected chi connectivity index (χ3v) is 3.64. The van der Waals surface area contributed by atoms with Crippen molar-refractivity contribution in [3.05, 3.63) is 59.9 Å². The van der Waals surface area contributed by atoms with E-state index in [9.17, 15) is 5.26 Å². The van der Waals surface area contributed by atoms with Gasteiger partial charge in [0.05, 0.1) is 24.5 Å². The van der Waals surface area contributed by atoms with Crippen LogP contribution < -0.4 is 4.90 Å². The van der Waals surface area contributed by atoms with Crippen LogP contribution in [-0.4, -0.2) is 31.3 Å². The zero-order valence-corrected chi connectivity index (χ0v) is 12.3. The number of rotatable bonds is 3. The highest BCUT2D eigenvalue weighted by Gasteiger charge is 2.10. The van der Waals surface area contributed by atoms with Gasteiger partial charge in [-0.3, -0.25) is 4.98 Å². The molecule has 3 rings (SSSR count). The van der Waals surface area contributed by atoms with Crippen LogP contribution in [0.25, 0.3) is 11.6 Å². The number of hydrogen-bond donors (Lipinski definition) is 0. The number of aromatic nitrogens is 1. The minimum atomic E-state index is 0.569. The molecule has 22 heavy (non-hydrogen) atoms. The summed E-state index contributed by atoms with van der Waals surface area (Å²) in [4.78, 5) is 6.53. The first-order chi connectivity index (χ1) is 10.9. The molecule has 1 aliphatic heterocycles. The molecule has 0 aliphatic carbocycles. The van der Waals surface area contributed by atoms with E-state index in [4.69, 9.17) is 4.74 Å². The predicted molar refractivity (Wildman–Crippen MR) is 87.2 cm³/mol. The van der Waals surface area contributed by atoms with Crippen LogP contribution in [0.1, 0.15) is 11.3 Å². The van der Waals surface area contributed by atoms with Gasteiger partial charge in [-0.25, -0.2) is 0 Å². The highest BCUT2D eigenvalue weighted by Crippen LogP contribution is 2.20. The Morgan fingerprint density at radius 1 is 1.14 bits per heavy atom. The maximum Gasteiger partial charge on any atom is 0.101 e. The van der Waals surface area contributed by atoms with Crippen LogP contribution in [0.15, 0.2) is 48.7 Å². The zero-order chi connectivity index (χ0) is 15.2. The van der Waals surface area contributed by atoms with Gasteiger partial charge in [-0.15, -0.1) is 0 Å². The average molecular weight is 291 g/mol. The van der Waals surface area contributed by atoms with E-state index in [0.29, 0.717) is 11.3 Å². The Bertz CT molecular complexity index is 681. The Kier molecular flexibility index (Phi) is 4.47. The predicted octanol–water partition coefficient (Wildman–Crippen LogP) is 2.98. The molecule has 2 heterocycles. The van der Waals surface area contributed by atoms with Crippen LogP contribution in [0.4, 0.5) is 5.69 Å². The smallest absolute Gasteiger partial charge is 0.101 e. The topological polar surface area (TPSA) is 49.2 Å². The number of benzene rings is 1. The Hall–Kier alpha value is -2.64. The SMILES string of the molecule is N#C/C(=C/c1ccc(N2CCOCC2)cc1)c1ccccn1. The largest absolute Gasteiger partial charge is 0.378 e. The van der Waals surface area contributed by atoms with Crippen LogP contribution in [0.3, 0.4) is 0 Å². The van der Waals surface area contributed by atoms with E-state index in [0.717, 1.165) is 31.9 Å². The van der Waals surface area contributed by atoms with Crippen molar-refractivity contribution in [3.8, 4) is 6.07 Å². The van der Waals surface area contributed by atoms with Crippen molar-refractivity contribution in [3.63, 3.8) is 0 Å². The van der Waals surface area contributed by atoms with Gasteiger partial charge in [0.1, 0.15) is 6.07 Å². The van der Waals surface area contributed by atoms with E-state index in [2.05, 4.69) is 28.1 Å². The highest BCUT2D eigenvalue weighted by atomic mass is 16.5. The Balaban J connectivity index is 1.80. The molecule has 0 saturated carbocycles. The molecular weight excluding hydrogens is 274 g/mol. The lowest BCUT2D eigenvalue weighted by molar-refractivity contribution is 0.122. The van der Waals surface area contributed by atoms with Crippen LogP contribution in [0, 0.1) is 11.3 Å². The molecule has 0 amide bonds. The summed E-state index contributed by atoms with van der Waals surface area (Å²) >= 11 is 0. The van der Waals surface area contributed by atoms with Gasteiger partial charge in [-0.05, 0) is 35.9 Å². The molecule has 1 aliphatic rings. The molecule has 0 radical (unpaired) electrons. The number of hydrogen-bond acceptors (Lipinski definition) is 4. The van der Waals surface area contributed by atoms with Crippen molar-refractivity contribution in [1.29, 1.82) is 5.26 Å². The van der Waals surface area contributed by atoms with Crippen molar-refractivity contribution in [1.82, 2.24) is 4.98 Å². The van der Waals surface area contributed by atoms with Crippen LogP contribution in [0.5, 0.6) is 0 Å². The van der Waals surface area contributed by atoms with Gasteiger partial charge in [0, 0.05) is 25.0 Å².